The second kappa shape index (κ2) is 7.16. The number of rotatable bonds is 8. The first kappa shape index (κ1) is 17.1. The maximum absolute atomic E-state index is 12.0. The highest BCUT2D eigenvalue weighted by Gasteiger charge is 2.22. The molecule has 0 bridgehead atoms. The first-order valence-corrected chi connectivity index (χ1v) is 8.67. The highest BCUT2D eigenvalue weighted by Crippen LogP contribution is 2.19. The Morgan fingerprint density at radius 1 is 1.40 bits per heavy atom. The maximum atomic E-state index is 12.0. The summed E-state index contributed by atoms with van der Waals surface area (Å²) in [6.07, 6.45) is 0.777. The van der Waals surface area contributed by atoms with Crippen molar-refractivity contribution in [3.05, 3.63) is 16.3 Å². The van der Waals surface area contributed by atoms with E-state index in [1.807, 2.05) is 13.8 Å². The van der Waals surface area contributed by atoms with Gasteiger partial charge in [-0.15, -0.1) is 11.3 Å². The van der Waals surface area contributed by atoms with Crippen LogP contribution in [-0.4, -0.2) is 37.2 Å². The van der Waals surface area contributed by atoms with Crippen molar-refractivity contribution in [2.45, 2.75) is 37.7 Å². The second-order valence-corrected chi connectivity index (χ2v) is 7.13. The summed E-state index contributed by atoms with van der Waals surface area (Å²) >= 11 is 0.853. The van der Waals surface area contributed by atoms with Gasteiger partial charge < -0.3 is 10.2 Å². The monoisotopic (exact) mass is 321 g/mol. The Labute approximate surface area is 122 Å². The van der Waals surface area contributed by atoms with Crippen LogP contribution in [0.3, 0.4) is 0 Å². The molecular formula is C12H19NO5S2. The number of hydrogen-bond acceptors (Lipinski definition) is 5. The van der Waals surface area contributed by atoms with Crippen LogP contribution in [0.1, 0.15) is 36.4 Å². The van der Waals surface area contributed by atoms with Crippen LogP contribution >= 0.6 is 11.3 Å². The molecule has 0 amide bonds. The van der Waals surface area contributed by atoms with Crippen LogP contribution < -0.4 is 4.72 Å². The van der Waals surface area contributed by atoms with Gasteiger partial charge in [0.2, 0.25) is 10.0 Å². The summed E-state index contributed by atoms with van der Waals surface area (Å²) in [5, 5.41) is 19.9. The molecule has 1 unspecified atom stereocenters. The van der Waals surface area contributed by atoms with E-state index in [1.165, 1.54) is 5.38 Å². The van der Waals surface area contributed by atoms with Gasteiger partial charge in [-0.2, -0.15) is 0 Å². The zero-order valence-corrected chi connectivity index (χ0v) is 13.0. The maximum Gasteiger partial charge on any atom is 0.345 e. The lowest BCUT2D eigenvalue weighted by Gasteiger charge is -2.20. The first-order valence-electron chi connectivity index (χ1n) is 6.31. The predicted octanol–water partition coefficient (Wildman–Crippen LogP) is 1.52. The molecule has 1 atom stereocenters. The van der Waals surface area contributed by atoms with Crippen molar-refractivity contribution in [2.75, 3.05) is 6.54 Å². The molecule has 0 saturated heterocycles. The van der Waals surface area contributed by atoms with Crippen LogP contribution in [0.15, 0.2) is 16.3 Å². The average molecular weight is 321 g/mol. The van der Waals surface area contributed by atoms with Crippen molar-refractivity contribution in [3.8, 4) is 0 Å². The zero-order chi connectivity index (χ0) is 15.3. The predicted molar refractivity (Wildman–Crippen MR) is 76.5 cm³/mol. The van der Waals surface area contributed by atoms with Crippen LogP contribution in [0.4, 0.5) is 0 Å². The third kappa shape index (κ3) is 4.27. The summed E-state index contributed by atoms with van der Waals surface area (Å²) in [5.74, 6) is -1.12. The minimum absolute atomic E-state index is 0.0362. The fourth-order valence-electron chi connectivity index (χ4n) is 1.85. The molecular weight excluding hydrogens is 302 g/mol. The van der Waals surface area contributed by atoms with Crippen molar-refractivity contribution in [3.63, 3.8) is 0 Å². The topological polar surface area (TPSA) is 104 Å². The summed E-state index contributed by atoms with van der Waals surface area (Å²) in [6.45, 7) is 3.79. The van der Waals surface area contributed by atoms with E-state index in [-0.39, 0.29) is 22.2 Å². The Kier molecular flexibility index (Phi) is 6.12. The van der Waals surface area contributed by atoms with Gasteiger partial charge in [0.05, 0.1) is 11.0 Å². The molecule has 1 aromatic rings. The molecule has 0 radical (unpaired) electrons. The number of aliphatic hydroxyl groups excluding tert-OH is 1. The van der Waals surface area contributed by atoms with Crippen LogP contribution in [0.25, 0.3) is 0 Å². The molecule has 8 heteroatoms. The fourth-order valence-corrected chi connectivity index (χ4v) is 4.01. The van der Waals surface area contributed by atoms with Crippen molar-refractivity contribution < 1.29 is 23.4 Å². The van der Waals surface area contributed by atoms with Gasteiger partial charge in [-0.05, 0) is 12.0 Å². The smallest absolute Gasteiger partial charge is 0.345 e. The molecule has 20 heavy (non-hydrogen) atoms. The number of aromatic carboxylic acids is 1. The van der Waals surface area contributed by atoms with E-state index in [0.29, 0.717) is 0 Å². The molecule has 1 heterocycles. The molecule has 0 aromatic carbocycles. The standard InChI is InChI=1S/C12H19NO5S2/c1-3-8(4-2)10(14)6-13-20(17,18)9-5-11(12(15)16)19-7-9/h5,7-8,10,13-14H,3-4,6H2,1-2H3,(H,15,16). The van der Waals surface area contributed by atoms with Gasteiger partial charge >= 0.3 is 5.97 Å². The number of hydrogen-bond donors (Lipinski definition) is 3. The van der Waals surface area contributed by atoms with Gasteiger partial charge in [-0.25, -0.2) is 17.9 Å². The Hall–Kier alpha value is -0.960. The van der Waals surface area contributed by atoms with Crippen LogP contribution in [-0.2, 0) is 10.0 Å². The summed E-state index contributed by atoms with van der Waals surface area (Å²) in [6, 6.07) is 1.11. The number of sulfonamides is 1. The van der Waals surface area contributed by atoms with Crippen molar-refractivity contribution >= 4 is 27.3 Å². The van der Waals surface area contributed by atoms with Gasteiger partial charge in [0.1, 0.15) is 4.88 Å². The summed E-state index contributed by atoms with van der Waals surface area (Å²) < 4.78 is 26.2. The van der Waals surface area contributed by atoms with E-state index in [1.54, 1.807) is 0 Å². The number of carboxylic acid groups (broad SMARTS) is 1. The van der Waals surface area contributed by atoms with Gasteiger partial charge in [-0.1, -0.05) is 26.7 Å². The molecule has 114 valence electrons. The van der Waals surface area contributed by atoms with E-state index in [4.69, 9.17) is 5.11 Å². The Morgan fingerprint density at radius 3 is 2.45 bits per heavy atom. The quantitative estimate of drug-likeness (QED) is 0.673. The summed E-state index contributed by atoms with van der Waals surface area (Å²) in [5.41, 5.74) is 0. The largest absolute Gasteiger partial charge is 0.477 e. The van der Waals surface area contributed by atoms with Gasteiger partial charge in [0.15, 0.2) is 0 Å². The SMILES string of the molecule is CCC(CC)C(O)CNS(=O)(=O)c1csc(C(=O)O)c1. The van der Waals surface area contributed by atoms with Crippen molar-refractivity contribution in [1.29, 1.82) is 0 Å². The lowest BCUT2D eigenvalue weighted by molar-refractivity contribution is 0.0702. The lowest BCUT2D eigenvalue weighted by Crippen LogP contribution is -2.35. The van der Waals surface area contributed by atoms with E-state index in [9.17, 15) is 18.3 Å². The molecule has 1 rings (SSSR count). The van der Waals surface area contributed by atoms with Gasteiger partial charge in [-0.3, -0.25) is 0 Å². The molecule has 1 aromatic heterocycles. The summed E-state index contributed by atoms with van der Waals surface area (Å²) in [4.78, 5) is 10.6. The molecule has 0 aliphatic rings. The fraction of sp³-hybridized carbons (Fsp3) is 0.583. The minimum Gasteiger partial charge on any atom is -0.477 e. The molecule has 0 fully saturated rings. The van der Waals surface area contributed by atoms with Crippen LogP contribution in [0, 0.1) is 5.92 Å². The molecule has 0 spiro atoms. The van der Waals surface area contributed by atoms with Crippen molar-refractivity contribution in [2.24, 2.45) is 5.92 Å². The van der Waals surface area contributed by atoms with Gasteiger partial charge in [0, 0.05) is 11.9 Å². The Bertz CT molecular complexity index is 548. The van der Waals surface area contributed by atoms with Crippen LogP contribution in [0.2, 0.25) is 0 Å². The van der Waals surface area contributed by atoms with Gasteiger partial charge in [0.25, 0.3) is 0 Å². The number of aliphatic hydroxyl groups is 1. The lowest BCUT2D eigenvalue weighted by atomic mass is 9.97. The van der Waals surface area contributed by atoms with E-state index >= 15 is 0 Å². The summed E-state index contributed by atoms with van der Waals surface area (Å²) in [7, 11) is -3.78. The highest BCUT2D eigenvalue weighted by molar-refractivity contribution is 7.89. The number of thiophene rings is 1. The van der Waals surface area contributed by atoms with Crippen molar-refractivity contribution in [1.82, 2.24) is 4.72 Å². The van der Waals surface area contributed by atoms with E-state index in [0.717, 1.165) is 30.2 Å². The number of carboxylic acids is 1. The molecule has 0 aliphatic carbocycles. The third-order valence-electron chi connectivity index (χ3n) is 3.17. The highest BCUT2D eigenvalue weighted by atomic mass is 32.2. The Balaban J connectivity index is 2.72. The average Bonchev–Trinajstić information content (AvgIpc) is 2.88. The Morgan fingerprint density at radius 2 is 2.00 bits per heavy atom. The molecule has 0 aliphatic heterocycles. The number of carbonyl (C=O) groups is 1. The van der Waals surface area contributed by atoms with E-state index in [2.05, 4.69) is 4.72 Å². The third-order valence-corrected chi connectivity index (χ3v) is 5.64. The number of nitrogens with one attached hydrogen (secondary N) is 1. The van der Waals surface area contributed by atoms with E-state index < -0.39 is 22.1 Å². The molecule has 6 nitrogen and oxygen atoms in total. The van der Waals surface area contributed by atoms with Crippen LogP contribution in [0.5, 0.6) is 0 Å². The first-order chi connectivity index (χ1) is 9.31. The minimum atomic E-state index is -3.78. The molecule has 0 saturated carbocycles. The second-order valence-electron chi connectivity index (χ2n) is 4.45. The normalized spacial score (nSPS) is 13.6. The zero-order valence-electron chi connectivity index (χ0n) is 11.4. The molecule has 3 N–H and O–H groups in total.